The number of hydrogen-bond donors (Lipinski definition) is 1. The first-order chi connectivity index (χ1) is 10.7. The molecular formula is C16H13BrN4O. The predicted molar refractivity (Wildman–Crippen MR) is 89.5 cm³/mol. The van der Waals surface area contributed by atoms with Gasteiger partial charge in [-0.3, -0.25) is 0 Å². The van der Waals surface area contributed by atoms with Crippen molar-refractivity contribution in [3.8, 4) is 5.75 Å². The van der Waals surface area contributed by atoms with Crippen LogP contribution < -0.4 is 0 Å². The Morgan fingerprint density at radius 3 is 2.82 bits per heavy atom. The fourth-order valence-corrected chi connectivity index (χ4v) is 2.48. The van der Waals surface area contributed by atoms with Gasteiger partial charge in [-0.05, 0) is 23.8 Å². The Labute approximate surface area is 136 Å². The Kier molecular flexibility index (Phi) is 4.39. The van der Waals surface area contributed by atoms with Gasteiger partial charge in [-0.25, -0.2) is 0 Å². The zero-order valence-corrected chi connectivity index (χ0v) is 13.2. The van der Waals surface area contributed by atoms with Crippen molar-refractivity contribution in [2.24, 2.45) is 20.4 Å². The van der Waals surface area contributed by atoms with Crippen molar-refractivity contribution >= 4 is 28.0 Å². The second-order valence-corrected chi connectivity index (χ2v) is 5.73. The number of halogens is 1. The van der Waals surface area contributed by atoms with E-state index in [0.29, 0.717) is 17.8 Å². The number of nitrogens with zero attached hydrogens (tertiary/aromatic N) is 4. The molecule has 0 amide bonds. The quantitative estimate of drug-likeness (QED) is 0.638. The molecule has 5 nitrogen and oxygen atoms in total. The van der Waals surface area contributed by atoms with Crippen LogP contribution in [0.2, 0.25) is 0 Å². The summed E-state index contributed by atoms with van der Waals surface area (Å²) >= 11 is 3.35. The van der Waals surface area contributed by atoms with Gasteiger partial charge in [0.2, 0.25) is 0 Å². The molecule has 1 atom stereocenters. The van der Waals surface area contributed by atoms with Crippen molar-refractivity contribution in [2.45, 2.75) is 12.5 Å². The van der Waals surface area contributed by atoms with E-state index in [1.807, 2.05) is 30.3 Å². The van der Waals surface area contributed by atoms with E-state index in [0.717, 1.165) is 10.0 Å². The lowest BCUT2D eigenvalue weighted by atomic mass is 10.1. The van der Waals surface area contributed by atoms with Gasteiger partial charge in [0.1, 0.15) is 11.8 Å². The third kappa shape index (κ3) is 3.46. The molecule has 0 fully saturated rings. The van der Waals surface area contributed by atoms with E-state index in [1.54, 1.807) is 18.2 Å². The third-order valence-corrected chi connectivity index (χ3v) is 3.73. The predicted octanol–water partition coefficient (Wildman–Crippen LogP) is 4.48. The third-order valence-electron chi connectivity index (χ3n) is 3.23. The normalized spacial score (nSPS) is 19.3. The summed E-state index contributed by atoms with van der Waals surface area (Å²) in [6, 6.07) is 15.1. The first kappa shape index (κ1) is 14.6. The highest BCUT2D eigenvalue weighted by Crippen LogP contribution is 2.27. The minimum Gasteiger partial charge on any atom is -0.507 e. The van der Waals surface area contributed by atoms with E-state index in [2.05, 4.69) is 36.4 Å². The SMILES string of the molecule is Oc1ccc(Br)cc1/C=N\N=C1\C[C@@H](c2ccccc2)N=N1. The minimum absolute atomic E-state index is 0.00872. The number of phenolic OH excluding ortho intramolecular Hbond substituents is 1. The highest BCUT2D eigenvalue weighted by Gasteiger charge is 2.19. The largest absolute Gasteiger partial charge is 0.507 e. The highest BCUT2D eigenvalue weighted by molar-refractivity contribution is 9.10. The molecule has 110 valence electrons. The molecule has 3 rings (SSSR count). The van der Waals surface area contributed by atoms with Crippen LogP contribution in [0.3, 0.4) is 0 Å². The Bertz CT molecular complexity index is 756. The first-order valence-electron chi connectivity index (χ1n) is 6.76. The molecule has 6 heteroatoms. The molecule has 1 N–H and O–H groups in total. The number of hydrogen-bond acceptors (Lipinski definition) is 4. The molecule has 0 bridgehead atoms. The summed E-state index contributed by atoms with van der Waals surface area (Å²) in [5.74, 6) is 0.738. The molecule has 0 spiro atoms. The van der Waals surface area contributed by atoms with E-state index >= 15 is 0 Å². The van der Waals surface area contributed by atoms with Crippen molar-refractivity contribution in [3.63, 3.8) is 0 Å². The summed E-state index contributed by atoms with van der Waals surface area (Å²) in [5.41, 5.74) is 1.71. The van der Waals surface area contributed by atoms with Gasteiger partial charge >= 0.3 is 0 Å². The van der Waals surface area contributed by atoms with Crippen molar-refractivity contribution in [2.75, 3.05) is 0 Å². The lowest BCUT2D eigenvalue weighted by molar-refractivity contribution is 0.474. The van der Waals surface area contributed by atoms with Crippen molar-refractivity contribution in [1.29, 1.82) is 0 Å². The van der Waals surface area contributed by atoms with Gasteiger partial charge in [0.05, 0.1) is 6.21 Å². The van der Waals surface area contributed by atoms with E-state index in [-0.39, 0.29) is 11.8 Å². The van der Waals surface area contributed by atoms with Gasteiger partial charge in [0.25, 0.3) is 0 Å². The molecule has 0 saturated heterocycles. The summed E-state index contributed by atoms with van der Waals surface area (Å²) in [5, 5.41) is 26.0. The molecule has 2 aromatic carbocycles. The molecule has 1 aliphatic heterocycles. The molecule has 0 unspecified atom stereocenters. The molecular weight excluding hydrogens is 344 g/mol. The van der Waals surface area contributed by atoms with Crippen molar-refractivity contribution in [3.05, 3.63) is 64.1 Å². The lowest BCUT2D eigenvalue weighted by Crippen LogP contribution is -1.95. The highest BCUT2D eigenvalue weighted by atomic mass is 79.9. The summed E-state index contributed by atoms with van der Waals surface area (Å²) in [7, 11) is 0. The molecule has 0 aromatic heterocycles. The molecule has 1 heterocycles. The number of azo groups is 1. The van der Waals surface area contributed by atoms with E-state index < -0.39 is 0 Å². The van der Waals surface area contributed by atoms with Gasteiger partial charge in [-0.1, -0.05) is 46.3 Å². The monoisotopic (exact) mass is 356 g/mol. The van der Waals surface area contributed by atoms with Crippen LogP contribution in [0.5, 0.6) is 5.75 Å². The molecule has 0 saturated carbocycles. The fourth-order valence-electron chi connectivity index (χ4n) is 2.10. The van der Waals surface area contributed by atoms with Crippen LogP contribution in [-0.4, -0.2) is 17.2 Å². The topological polar surface area (TPSA) is 69.7 Å². The van der Waals surface area contributed by atoms with Crippen molar-refractivity contribution < 1.29 is 5.11 Å². The Morgan fingerprint density at radius 1 is 1.18 bits per heavy atom. The summed E-state index contributed by atoms with van der Waals surface area (Å²) in [6.45, 7) is 0. The van der Waals surface area contributed by atoms with Crippen LogP contribution in [0, 0.1) is 0 Å². The standard InChI is InChI=1S/C16H13BrN4O/c17-13-6-7-15(22)12(8-13)10-18-20-16-9-14(19-21-16)11-4-2-1-3-5-11/h1-8,10,14,22H,9H2/b18-10-,20-16-/t14-/m0/s1. The van der Waals surface area contributed by atoms with E-state index in [1.165, 1.54) is 6.21 Å². The summed E-state index contributed by atoms with van der Waals surface area (Å²) in [4.78, 5) is 0. The van der Waals surface area contributed by atoms with Crippen molar-refractivity contribution in [1.82, 2.24) is 0 Å². The minimum atomic E-state index is 0.00872. The maximum Gasteiger partial charge on any atom is 0.175 e. The molecule has 1 aliphatic rings. The van der Waals surface area contributed by atoms with Crippen LogP contribution >= 0.6 is 15.9 Å². The average Bonchev–Trinajstić information content (AvgIpc) is 3.00. The Hall–Kier alpha value is -2.34. The smallest absolute Gasteiger partial charge is 0.175 e. The first-order valence-corrected chi connectivity index (χ1v) is 7.56. The van der Waals surface area contributed by atoms with Crippen LogP contribution in [0.25, 0.3) is 0 Å². The lowest BCUT2D eigenvalue weighted by Gasteiger charge is -2.03. The molecule has 0 aliphatic carbocycles. The van der Waals surface area contributed by atoms with Crippen LogP contribution in [0.15, 0.2) is 73.4 Å². The van der Waals surface area contributed by atoms with Crippen LogP contribution in [-0.2, 0) is 0 Å². The number of rotatable bonds is 3. The maximum atomic E-state index is 9.72. The fraction of sp³-hybridized carbons (Fsp3) is 0.125. The molecule has 2 aromatic rings. The van der Waals surface area contributed by atoms with Crippen LogP contribution in [0.4, 0.5) is 0 Å². The number of benzene rings is 2. The zero-order chi connectivity index (χ0) is 15.4. The molecule has 22 heavy (non-hydrogen) atoms. The van der Waals surface area contributed by atoms with E-state index in [4.69, 9.17) is 0 Å². The molecule has 0 radical (unpaired) electrons. The number of aromatic hydroxyl groups is 1. The number of phenols is 1. The maximum absolute atomic E-state index is 9.72. The van der Waals surface area contributed by atoms with E-state index in [9.17, 15) is 5.11 Å². The summed E-state index contributed by atoms with van der Waals surface area (Å²) < 4.78 is 0.865. The van der Waals surface area contributed by atoms with Crippen LogP contribution in [0.1, 0.15) is 23.6 Å². The zero-order valence-electron chi connectivity index (χ0n) is 11.6. The van der Waals surface area contributed by atoms with Gasteiger partial charge < -0.3 is 5.11 Å². The van der Waals surface area contributed by atoms with Gasteiger partial charge in [0, 0.05) is 16.5 Å². The summed E-state index contributed by atoms with van der Waals surface area (Å²) in [6.07, 6.45) is 2.13. The van der Waals surface area contributed by atoms with Gasteiger partial charge in [-0.15, -0.1) is 10.2 Å². The number of amidine groups is 1. The second-order valence-electron chi connectivity index (χ2n) is 4.81. The van der Waals surface area contributed by atoms with Gasteiger partial charge in [-0.2, -0.15) is 10.2 Å². The van der Waals surface area contributed by atoms with Gasteiger partial charge in [0.15, 0.2) is 5.84 Å². The second kappa shape index (κ2) is 6.62. The Morgan fingerprint density at radius 2 is 2.00 bits per heavy atom. The average molecular weight is 357 g/mol. The Balaban J connectivity index is 1.69.